The average molecular weight is 301 g/mol. The van der Waals surface area contributed by atoms with Crippen LogP contribution >= 0.6 is 0 Å². The molecule has 0 aromatic heterocycles. The summed E-state index contributed by atoms with van der Waals surface area (Å²) in [5, 5.41) is 2.64. The zero-order valence-corrected chi connectivity index (χ0v) is 17.1. The Hall–Kier alpha value is 2.22. The van der Waals surface area contributed by atoms with Gasteiger partial charge in [-0.05, 0) is 7.05 Å². The molecule has 1 atom stereocenters. The summed E-state index contributed by atoms with van der Waals surface area (Å²) in [5.41, 5.74) is 0. The Labute approximate surface area is 153 Å². The normalized spacial score (nSPS) is 12.6. The quantitative estimate of drug-likeness (QED) is 0.116. The van der Waals surface area contributed by atoms with E-state index in [-0.39, 0.29) is 75.3 Å². The summed E-state index contributed by atoms with van der Waals surface area (Å²) in [5.74, 6) is 0. The van der Waals surface area contributed by atoms with Crippen molar-refractivity contribution in [3.05, 3.63) is 0 Å². The van der Waals surface area contributed by atoms with Gasteiger partial charge >= 0.3 is 59.1 Å². The smallest absolute Gasteiger partial charge is 0.766 e. The third kappa shape index (κ3) is 18.2. The van der Waals surface area contributed by atoms with Gasteiger partial charge in [-0.2, -0.15) is 0 Å². The molecule has 0 saturated carbocycles. The Kier molecular flexibility index (Phi) is 20.9. The van der Waals surface area contributed by atoms with Crippen molar-refractivity contribution in [3.63, 3.8) is 0 Å². The maximum atomic E-state index is 10.5. The van der Waals surface area contributed by atoms with E-state index < -0.39 is 9.15 Å². The third-order valence-electron chi connectivity index (χ3n) is 2.17. The van der Waals surface area contributed by atoms with Crippen molar-refractivity contribution in [1.82, 2.24) is 5.32 Å². The molecule has 0 aromatic carbocycles. The standard InChI is InChI=1S/C9H22NO3S2.2Na/c1-3-4-5-6-7-8-9(10-2)14-15(11,12)13;;/h9-10,14H,3-8H2,1-2H3,(H,11,12,13);;/q-1;2*+1/p-1. The summed E-state index contributed by atoms with van der Waals surface area (Å²) in [4.78, 5) is 0. The van der Waals surface area contributed by atoms with Crippen LogP contribution in [-0.4, -0.2) is 25.4 Å². The largest absolute Gasteiger partial charge is 1.00 e. The van der Waals surface area contributed by atoms with Crippen molar-refractivity contribution in [3.8, 4) is 0 Å². The predicted molar refractivity (Wildman–Crippen MR) is 64.7 cm³/mol. The minimum Gasteiger partial charge on any atom is -0.766 e. The molecule has 0 aromatic rings. The summed E-state index contributed by atoms with van der Waals surface area (Å²) in [6, 6.07) is 0. The van der Waals surface area contributed by atoms with E-state index in [4.69, 9.17) is 0 Å². The maximum absolute atomic E-state index is 10.5. The van der Waals surface area contributed by atoms with Crippen molar-refractivity contribution < 1.29 is 72.1 Å². The molecule has 0 rings (SSSR count). The third-order valence-corrected chi connectivity index (χ3v) is 4.74. The molecule has 0 aliphatic rings. The fourth-order valence-corrected chi connectivity index (χ4v) is 3.62. The number of unbranched alkanes of at least 4 members (excludes halogenated alkanes) is 4. The first-order valence-corrected chi connectivity index (χ1v) is 8.32. The number of hydrogen-bond donors (Lipinski definition) is 1. The fraction of sp³-hybridized carbons (Fsp3) is 1.00. The van der Waals surface area contributed by atoms with Crippen LogP contribution in [0.15, 0.2) is 0 Å². The SMILES string of the molecule is CCCCCCCC(NC)[SH-]S(=O)(=O)[O-].[Na+].[Na+]. The van der Waals surface area contributed by atoms with Gasteiger partial charge in [0.25, 0.3) is 0 Å². The molecular weight excluding hydrogens is 280 g/mol. The minimum absolute atomic E-state index is 0. The van der Waals surface area contributed by atoms with Gasteiger partial charge in [0.2, 0.25) is 0 Å². The van der Waals surface area contributed by atoms with Gasteiger partial charge in [0.05, 0.1) is 0 Å². The summed E-state index contributed by atoms with van der Waals surface area (Å²) < 4.78 is 31.6. The molecule has 0 heterocycles. The molecule has 0 spiro atoms. The summed E-state index contributed by atoms with van der Waals surface area (Å²) >= 11 is 0. The van der Waals surface area contributed by atoms with E-state index in [2.05, 4.69) is 12.2 Å². The molecule has 0 bridgehead atoms. The molecule has 0 aliphatic carbocycles. The van der Waals surface area contributed by atoms with Crippen LogP contribution in [0.1, 0.15) is 45.4 Å². The molecule has 17 heavy (non-hydrogen) atoms. The van der Waals surface area contributed by atoms with Crippen LogP contribution in [0.2, 0.25) is 0 Å². The molecule has 0 saturated heterocycles. The van der Waals surface area contributed by atoms with E-state index in [1.807, 2.05) is 0 Å². The van der Waals surface area contributed by atoms with Gasteiger partial charge in [-0.3, -0.25) is 8.42 Å². The molecule has 0 amide bonds. The summed E-state index contributed by atoms with van der Waals surface area (Å²) in [7, 11) is -2.47. The van der Waals surface area contributed by atoms with E-state index in [0.717, 1.165) is 19.3 Å². The van der Waals surface area contributed by atoms with Crippen molar-refractivity contribution in [1.29, 1.82) is 0 Å². The molecule has 1 unspecified atom stereocenters. The minimum atomic E-state index is -4.12. The first-order chi connectivity index (χ1) is 6.99. The van der Waals surface area contributed by atoms with Crippen LogP contribution in [0.4, 0.5) is 0 Å². The average Bonchev–Trinajstić information content (AvgIpc) is 2.14. The van der Waals surface area contributed by atoms with Gasteiger partial charge in [0, 0.05) is 9.15 Å². The first-order valence-electron chi connectivity index (χ1n) is 5.34. The van der Waals surface area contributed by atoms with Crippen LogP contribution in [0, 0.1) is 0 Å². The van der Waals surface area contributed by atoms with Crippen molar-refractivity contribution in [2.45, 2.75) is 50.8 Å². The molecule has 8 heteroatoms. The zero-order valence-electron chi connectivity index (χ0n) is 11.4. The topological polar surface area (TPSA) is 69.2 Å². The van der Waals surface area contributed by atoms with Gasteiger partial charge in [-0.25, -0.2) is 0 Å². The van der Waals surface area contributed by atoms with E-state index in [9.17, 15) is 13.0 Å². The summed E-state index contributed by atoms with van der Waals surface area (Å²) in [6.45, 7) is 2.15. The second-order valence-corrected chi connectivity index (χ2v) is 7.20. The number of nitrogens with one attached hydrogen (secondary N) is 1. The van der Waals surface area contributed by atoms with Crippen LogP contribution in [-0.2, 0) is 19.9 Å². The summed E-state index contributed by atoms with van der Waals surface area (Å²) in [6.07, 6.45) is 6.45. The first kappa shape index (κ1) is 24.3. The Balaban J connectivity index is -0.000000980. The molecule has 0 radical (unpaired) electrons. The van der Waals surface area contributed by atoms with Crippen LogP contribution < -0.4 is 64.4 Å². The number of thiol groups is 1. The van der Waals surface area contributed by atoms with E-state index in [1.54, 1.807) is 7.05 Å². The Morgan fingerprint density at radius 1 is 1.18 bits per heavy atom. The Morgan fingerprint density at radius 2 is 1.71 bits per heavy atom. The van der Waals surface area contributed by atoms with Crippen molar-refractivity contribution in [2.24, 2.45) is 0 Å². The monoisotopic (exact) mass is 301 g/mol. The van der Waals surface area contributed by atoms with Gasteiger partial charge in [0.1, 0.15) is 0 Å². The molecule has 4 nitrogen and oxygen atoms in total. The molecule has 94 valence electrons. The Bertz CT molecular complexity index is 251. The second kappa shape index (κ2) is 14.6. The van der Waals surface area contributed by atoms with Crippen LogP contribution in [0.25, 0.3) is 0 Å². The van der Waals surface area contributed by atoms with Crippen molar-refractivity contribution >= 4 is 19.9 Å². The van der Waals surface area contributed by atoms with Crippen molar-refractivity contribution in [2.75, 3.05) is 7.05 Å². The number of hydrogen-bond acceptors (Lipinski definition) is 5. The molecule has 0 fully saturated rings. The van der Waals surface area contributed by atoms with Crippen LogP contribution in [0.3, 0.4) is 0 Å². The molecule has 0 aliphatic heterocycles. The predicted octanol–water partition coefficient (Wildman–Crippen LogP) is -4.82. The Morgan fingerprint density at radius 3 is 2.12 bits per heavy atom. The van der Waals surface area contributed by atoms with Crippen LogP contribution in [0.5, 0.6) is 0 Å². The van der Waals surface area contributed by atoms with E-state index >= 15 is 0 Å². The van der Waals surface area contributed by atoms with Gasteiger partial charge in [-0.1, -0.05) is 50.8 Å². The number of rotatable bonds is 9. The van der Waals surface area contributed by atoms with Gasteiger partial charge < -0.3 is 20.7 Å². The zero-order chi connectivity index (χ0) is 11.7. The van der Waals surface area contributed by atoms with E-state index in [1.165, 1.54) is 19.3 Å². The molecule has 1 N–H and O–H groups in total. The van der Waals surface area contributed by atoms with Gasteiger partial charge in [0.15, 0.2) is 0 Å². The maximum Gasteiger partial charge on any atom is 1.00 e. The molecular formula is C9H21NNa2O3S2. The van der Waals surface area contributed by atoms with Gasteiger partial charge in [-0.15, -0.1) is 0 Å². The fourth-order valence-electron chi connectivity index (χ4n) is 1.35. The van der Waals surface area contributed by atoms with E-state index in [0.29, 0.717) is 0 Å². The second-order valence-electron chi connectivity index (χ2n) is 3.54.